The van der Waals surface area contributed by atoms with E-state index in [1.165, 1.54) is 47.7 Å². The number of hydrogen-bond acceptors (Lipinski definition) is 1. The van der Waals surface area contributed by atoms with E-state index >= 15 is 17.6 Å². The lowest BCUT2D eigenvalue weighted by Gasteiger charge is -2.09. The molecule has 4 aromatic carbocycles. The molecule has 2 aliphatic carbocycles. The van der Waals surface area contributed by atoms with E-state index in [4.69, 9.17) is 0 Å². The van der Waals surface area contributed by atoms with E-state index in [1.807, 2.05) is 48.5 Å². The van der Waals surface area contributed by atoms with E-state index in [9.17, 15) is 0 Å². The summed E-state index contributed by atoms with van der Waals surface area (Å²) in [7, 11) is 0. The zero-order valence-electron chi connectivity index (χ0n) is 18.0. The predicted octanol–water partition coefficient (Wildman–Crippen LogP) is 6.76. The largest absolute Gasteiger partial charge is 0.206 e. The fourth-order valence-corrected chi connectivity index (χ4v) is 6.81. The van der Waals surface area contributed by atoms with Gasteiger partial charge in [-0.15, -0.1) is 11.3 Å². The first-order valence-corrected chi connectivity index (χ1v) is 11.9. The number of benzene rings is 4. The summed E-state index contributed by atoms with van der Waals surface area (Å²) >= 11 is 1.32. The van der Waals surface area contributed by atoms with Crippen LogP contribution in [0.4, 0.5) is 17.6 Å². The molecule has 2 aliphatic rings. The number of halogens is 4. The van der Waals surface area contributed by atoms with Crippen molar-refractivity contribution in [3.63, 3.8) is 0 Å². The van der Waals surface area contributed by atoms with Crippen LogP contribution in [-0.2, 0) is 0 Å². The van der Waals surface area contributed by atoms with Gasteiger partial charge in [0.05, 0.1) is 11.1 Å². The van der Waals surface area contributed by atoms with Crippen molar-refractivity contribution >= 4 is 22.5 Å². The standard InChI is InChI=1S/C30H14F4S/c31-19-11-5-12-20(32)27(19)25-17-9-3-1-7-15(17)23-24-16-8-2-4-10-18(16)26(30(24)35-29(23)25)28-21(33)13-6-14-22(28)34/h1-14H. The Hall–Kier alpha value is -3.96. The van der Waals surface area contributed by atoms with E-state index in [0.717, 1.165) is 33.4 Å². The van der Waals surface area contributed by atoms with Crippen molar-refractivity contribution in [1.82, 2.24) is 0 Å². The first kappa shape index (κ1) is 20.4. The molecule has 0 nitrogen and oxygen atoms in total. The molecule has 0 amide bonds. The van der Waals surface area contributed by atoms with Crippen molar-refractivity contribution in [3.05, 3.63) is 140 Å². The smallest absolute Gasteiger partial charge is 0.134 e. The van der Waals surface area contributed by atoms with E-state index in [0.29, 0.717) is 20.2 Å². The Morgan fingerprint density at radius 3 is 1.09 bits per heavy atom. The van der Waals surface area contributed by atoms with Crippen LogP contribution in [-0.4, -0.2) is 0 Å². The molecular weight excluding hydrogens is 468 g/mol. The van der Waals surface area contributed by atoms with Crippen LogP contribution >= 0.6 is 11.3 Å². The molecule has 7 rings (SSSR count). The normalized spacial score (nSPS) is 13.0. The average molecular weight is 483 g/mol. The van der Waals surface area contributed by atoms with Gasteiger partial charge in [0.2, 0.25) is 0 Å². The molecule has 0 bridgehead atoms. The topological polar surface area (TPSA) is 0 Å². The van der Waals surface area contributed by atoms with Crippen LogP contribution in [0.2, 0.25) is 0 Å². The van der Waals surface area contributed by atoms with Crippen LogP contribution in [0.3, 0.4) is 0 Å². The highest BCUT2D eigenvalue weighted by atomic mass is 32.1. The highest BCUT2D eigenvalue weighted by Gasteiger charge is 2.34. The first-order chi connectivity index (χ1) is 17.1. The SMILES string of the molecule is Fc1cccc(F)c1C1=c2sc3c(c2-c2ccccc21)-c1ccccc1C=3c1c(F)cccc1F. The van der Waals surface area contributed by atoms with Crippen LogP contribution in [0.25, 0.3) is 33.4 Å². The van der Waals surface area contributed by atoms with Crippen LogP contribution in [0.1, 0.15) is 22.3 Å². The van der Waals surface area contributed by atoms with E-state index in [-0.39, 0.29) is 11.1 Å². The molecule has 5 heteroatoms. The predicted molar refractivity (Wildman–Crippen MR) is 130 cm³/mol. The molecule has 0 saturated carbocycles. The third kappa shape index (κ3) is 2.67. The average Bonchev–Trinajstić information content (AvgIpc) is 3.46. The Bertz CT molecular complexity index is 1670. The second-order valence-corrected chi connectivity index (χ2v) is 9.57. The molecule has 168 valence electrons. The second-order valence-electron chi connectivity index (χ2n) is 8.54. The van der Waals surface area contributed by atoms with Gasteiger partial charge in [0.25, 0.3) is 0 Å². The summed E-state index contributed by atoms with van der Waals surface area (Å²) in [4.78, 5) is 0. The molecular formula is C30H14F4S. The number of rotatable bonds is 2. The zero-order chi connectivity index (χ0) is 23.8. The maximum absolute atomic E-state index is 15.0. The molecule has 35 heavy (non-hydrogen) atoms. The van der Waals surface area contributed by atoms with Crippen LogP contribution in [0.5, 0.6) is 0 Å². The fourth-order valence-electron chi connectivity index (χ4n) is 5.35. The lowest BCUT2D eigenvalue weighted by molar-refractivity contribution is 0.576. The first-order valence-electron chi connectivity index (χ1n) is 11.1. The van der Waals surface area contributed by atoms with Crippen molar-refractivity contribution in [1.29, 1.82) is 0 Å². The lowest BCUT2D eigenvalue weighted by atomic mass is 9.95. The summed E-state index contributed by atoms with van der Waals surface area (Å²) < 4.78 is 61.5. The Labute approximate surface area is 201 Å². The summed E-state index contributed by atoms with van der Waals surface area (Å²) in [6.45, 7) is 0. The van der Waals surface area contributed by atoms with Gasteiger partial charge in [-0.25, -0.2) is 17.6 Å². The van der Waals surface area contributed by atoms with Gasteiger partial charge in [0, 0.05) is 31.3 Å². The Morgan fingerprint density at radius 2 is 0.714 bits per heavy atom. The quantitative estimate of drug-likeness (QED) is 0.239. The minimum atomic E-state index is -0.652. The van der Waals surface area contributed by atoms with Crippen molar-refractivity contribution in [2.24, 2.45) is 0 Å². The van der Waals surface area contributed by atoms with Gasteiger partial charge in [0.15, 0.2) is 0 Å². The van der Waals surface area contributed by atoms with Gasteiger partial charge < -0.3 is 0 Å². The summed E-state index contributed by atoms with van der Waals surface area (Å²) in [6.07, 6.45) is 0. The van der Waals surface area contributed by atoms with Crippen molar-refractivity contribution in [2.75, 3.05) is 0 Å². The molecule has 1 aromatic heterocycles. The molecule has 0 saturated heterocycles. The highest BCUT2D eigenvalue weighted by molar-refractivity contribution is 7.09. The summed E-state index contributed by atoms with van der Waals surface area (Å²) in [5, 5.41) is 0. The number of fused-ring (bicyclic) bond motifs is 7. The van der Waals surface area contributed by atoms with E-state index < -0.39 is 23.3 Å². The van der Waals surface area contributed by atoms with E-state index in [1.54, 1.807) is 0 Å². The van der Waals surface area contributed by atoms with Crippen LogP contribution < -0.4 is 9.06 Å². The van der Waals surface area contributed by atoms with Gasteiger partial charge in [-0.05, 0) is 46.5 Å². The zero-order valence-corrected chi connectivity index (χ0v) is 18.8. The maximum atomic E-state index is 15.0. The summed E-state index contributed by atoms with van der Waals surface area (Å²) in [6, 6.07) is 22.7. The maximum Gasteiger partial charge on any atom is 0.134 e. The Balaban J connectivity index is 1.71. The van der Waals surface area contributed by atoms with Gasteiger partial charge in [-0.3, -0.25) is 0 Å². The minimum Gasteiger partial charge on any atom is -0.206 e. The van der Waals surface area contributed by atoms with Gasteiger partial charge in [-0.1, -0.05) is 60.7 Å². The summed E-state index contributed by atoms with van der Waals surface area (Å²) in [5.74, 6) is -2.61. The molecule has 0 aliphatic heterocycles. The van der Waals surface area contributed by atoms with Gasteiger partial charge in [-0.2, -0.15) is 0 Å². The molecule has 0 fully saturated rings. The molecule has 0 atom stereocenters. The lowest BCUT2D eigenvalue weighted by Crippen LogP contribution is -2.07. The Morgan fingerprint density at radius 1 is 0.371 bits per heavy atom. The molecule has 1 heterocycles. The van der Waals surface area contributed by atoms with Crippen molar-refractivity contribution in [3.8, 4) is 22.3 Å². The Kier molecular flexibility index (Phi) is 4.24. The molecule has 0 spiro atoms. The van der Waals surface area contributed by atoms with Crippen LogP contribution in [0, 0.1) is 23.3 Å². The third-order valence-electron chi connectivity index (χ3n) is 6.72. The molecule has 5 aromatic rings. The van der Waals surface area contributed by atoms with E-state index in [2.05, 4.69) is 0 Å². The van der Waals surface area contributed by atoms with Crippen molar-refractivity contribution < 1.29 is 17.6 Å². The third-order valence-corrected chi connectivity index (χ3v) is 7.94. The number of thiophene rings is 1. The number of hydrogen-bond donors (Lipinski definition) is 0. The fraction of sp³-hybridized carbons (Fsp3) is 0. The molecule has 0 unspecified atom stereocenters. The molecule has 0 N–H and O–H groups in total. The van der Waals surface area contributed by atoms with Crippen molar-refractivity contribution in [2.45, 2.75) is 0 Å². The monoisotopic (exact) mass is 482 g/mol. The second kappa shape index (κ2) is 7.27. The van der Waals surface area contributed by atoms with Gasteiger partial charge >= 0.3 is 0 Å². The highest BCUT2D eigenvalue weighted by Crippen LogP contribution is 2.46. The minimum absolute atomic E-state index is 0.0921. The molecule has 0 radical (unpaired) electrons. The van der Waals surface area contributed by atoms with Crippen LogP contribution in [0.15, 0.2) is 84.9 Å². The van der Waals surface area contributed by atoms with Gasteiger partial charge in [0.1, 0.15) is 23.3 Å². The summed E-state index contributed by atoms with van der Waals surface area (Å²) in [5.41, 5.74) is 5.62.